The smallest absolute Gasteiger partial charge is 0.0541 e. The average molecular weight is 562 g/mol. The molecule has 7 heteroatoms. The van der Waals surface area contributed by atoms with Crippen LogP contribution in [0.4, 0.5) is 0 Å². The van der Waals surface area contributed by atoms with E-state index in [1.165, 1.54) is 33.2 Å². The van der Waals surface area contributed by atoms with Crippen molar-refractivity contribution in [2.45, 2.75) is 39.5 Å². The van der Waals surface area contributed by atoms with Crippen LogP contribution < -0.4 is 16.0 Å². The lowest BCUT2D eigenvalue weighted by molar-refractivity contribution is 0.263. The molecule has 0 aliphatic carbocycles. The minimum atomic E-state index is 0.786. The first-order chi connectivity index (χ1) is 20.7. The van der Waals surface area contributed by atoms with E-state index in [0.717, 1.165) is 76.7 Å². The number of aromatic amines is 1. The lowest BCUT2D eigenvalue weighted by atomic mass is 10.1. The third-order valence-corrected chi connectivity index (χ3v) is 7.61. The van der Waals surface area contributed by atoms with Gasteiger partial charge < -0.3 is 20.9 Å². The fourth-order valence-corrected chi connectivity index (χ4v) is 5.23. The van der Waals surface area contributed by atoms with Gasteiger partial charge in [-0.25, -0.2) is 0 Å². The Morgan fingerprint density at radius 3 is 1.95 bits per heavy atom. The molecule has 0 bridgehead atoms. The van der Waals surface area contributed by atoms with Crippen LogP contribution in [-0.2, 0) is 32.6 Å². The van der Waals surface area contributed by atoms with Crippen LogP contribution in [0.2, 0.25) is 0 Å². The molecule has 0 spiro atoms. The van der Waals surface area contributed by atoms with Crippen molar-refractivity contribution in [1.82, 2.24) is 35.8 Å². The van der Waals surface area contributed by atoms with Gasteiger partial charge in [-0.2, -0.15) is 0 Å². The minimum absolute atomic E-state index is 0.786. The van der Waals surface area contributed by atoms with Crippen LogP contribution in [0.3, 0.4) is 0 Å². The van der Waals surface area contributed by atoms with Crippen molar-refractivity contribution in [1.29, 1.82) is 0 Å². The zero-order chi connectivity index (χ0) is 28.8. The fraction of sp³-hybridized carbons (Fsp3) is 0.314. The van der Waals surface area contributed by atoms with Crippen LogP contribution in [0.15, 0.2) is 97.5 Å². The predicted molar refractivity (Wildman–Crippen MR) is 172 cm³/mol. The Balaban J connectivity index is 1.07. The van der Waals surface area contributed by atoms with E-state index in [-0.39, 0.29) is 0 Å². The highest BCUT2D eigenvalue weighted by Crippen LogP contribution is 2.21. The normalized spacial score (nSPS) is 11.5. The molecule has 3 heterocycles. The Kier molecular flexibility index (Phi) is 11.2. The van der Waals surface area contributed by atoms with Crippen molar-refractivity contribution in [2.24, 2.45) is 0 Å². The highest BCUT2D eigenvalue weighted by atomic mass is 15.1. The number of aromatic nitrogens is 3. The molecular formula is C35H43N7. The van der Waals surface area contributed by atoms with E-state index in [1.54, 1.807) is 0 Å². The molecule has 5 rings (SSSR count). The molecule has 5 aromatic rings. The fourth-order valence-electron chi connectivity index (χ4n) is 5.23. The summed E-state index contributed by atoms with van der Waals surface area (Å²) in [5.74, 6) is 0. The molecule has 0 radical (unpaired) electrons. The summed E-state index contributed by atoms with van der Waals surface area (Å²) in [6.45, 7) is 10.2. The number of pyridine rings is 2. The number of rotatable bonds is 17. The summed E-state index contributed by atoms with van der Waals surface area (Å²) < 4.78 is 0. The Morgan fingerprint density at radius 2 is 1.31 bits per heavy atom. The quantitative estimate of drug-likeness (QED) is 0.120. The summed E-state index contributed by atoms with van der Waals surface area (Å²) in [6.07, 6.45) is 6.86. The third kappa shape index (κ3) is 9.06. The number of nitrogens with one attached hydrogen (secondary N) is 4. The lowest BCUT2D eigenvalue weighted by Crippen LogP contribution is -2.36. The summed E-state index contributed by atoms with van der Waals surface area (Å²) in [6, 6.07) is 27.7. The topological polar surface area (TPSA) is 80.9 Å². The first-order valence-electron chi connectivity index (χ1n) is 15.0. The number of fused-ring (bicyclic) bond motifs is 1. The Labute approximate surface area is 249 Å². The van der Waals surface area contributed by atoms with Crippen LogP contribution in [-0.4, -0.2) is 52.6 Å². The monoisotopic (exact) mass is 561 g/mol. The summed E-state index contributed by atoms with van der Waals surface area (Å²) in [7, 11) is 0. The van der Waals surface area contributed by atoms with E-state index in [2.05, 4.69) is 104 Å². The van der Waals surface area contributed by atoms with Crippen molar-refractivity contribution in [3.05, 3.63) is 131 Å². The number of H-pyrrole nitrogens is 1. The van der Waals surface area contributed by atoms with Gasteiger partial charge in [0.2, 0.25) is 0 Å². The Morgan fingerprint density at radius 1 is 0.667 bits per heavy atom. The van der Waals surface area contributed by atoms with Crippen molar-refractivity contribution in [3.63, 3.8) is 0 Å². The number of hydrogen-bond donors (Lipinski definition) is 4. The molecular weight excluding hydrogens is 518 g/mol. The number of nitrogens with zero attached hydrogens (tertiary/aromatic N) is 3. The molecule has 0 aliphatic heterocycles. The van der Waals surface area contributed by atoms with Gasteiger partial charge >= 0.3 is 0 Å². The van der Waals surface area contributed by atoms with E-state index < -0.39 is 0 Å². The molecule has 0 amide bonds. The van der Waals surface area contributed by atoms with E-state index in [4.69, 9.17) is 0 Å². The number of para-hydroxylation sites is 1. The van der Waals surface area contributed by atoms with Gasteiger partial charge in [-0.1, -0.05) is 54.6 Å². The maximum Gasteiger partial charge on any atom is 0.0541 e. The van der Waals surface area contributed by atoms with E-state index >= 15 is 0 Å². The van der Waals surface area contributed by atoms with Gasteiger partial charge in [-0.15, -0.1) is 0 Å². The molecule has 0 aliphatic rings. The van der Waals surface area contributed by atoms with Crippen molar-refractivity contribution >= 4 is 10.9 Å². The summed E-state index contributed by atoms with van der Waals surface area (Å²) in [4.78, 5) is 14.8. The molecule has 3 aromatic heterocycles. The summed E-state index contributed by atoms with van der Waals surface area (Å²) in [5, 5.41) is 12.1. The second kappa shape index (κ2) is 15.9. The molecule has 0 fully saturated rings. The minimum Gasteiger partial charge on any atom is -0.361 e. The maximum absolute atomic E-state index is 4.42. The molecule has 2 aromatic carbocycles. The van der Waals surface area contributed by atoms with Gasteiger partial charge in [0.05, 0.1) is 11.4 Å². The number of hydrogen-bond acceptors (Lipinski definition) is 6. The van der Waals surface area contributed by atoms with Crippen LogP contribution >= 0.6 is 0 Å². The van der Waals surface area contributed by atoms with E-state index in [0.29, 0.717) is 0 Å². The van der Waals surface area contributed by atoms with E-state index in [1.807, 2.05) is 36.7 Å². The molecule has 7 nitrogen and oxygen atoms in total. The van der Waals surface area contributed by atoms with Gasteiger partial charge in [0.1, 0.15) is 0 Å². The van der Waals surface area contributed by atoms with Crippen LogP contribution in [0, 0.1) is 6.92 Å². The van der Waals surface area contributed by atoms with Gasteiger partial charge in [0.25, 0.3) is 0 Å². The molecule has 0 saturated heterocycles. The summed E-state index contributed by atoms with van der Waals surface area (Å²) in [5.41, 5.74) is 8.72. The summed E-state index contributed by atoms with van der Waals surface area (Å²) >= 11 is 0. The molecule has 0 atom stereocenters. The van der Waals surface area contributed by atoms with Crippen molar-refractivity contribution in [3.8, 4) is 0 Å². The zero-order valence-corrected chi connectivity index (χ0v) is 24.7. The first-order valence-corrected chi connectivity index (χ1v) is 15.0. The highest BCUT2D eigenvalue weighted by molar-refractivity contribution is 5.85. The largest absolute Gasteiger partial charge is 0.361 e. The molecule has 4 N–H and O–H groups in total. The number of benzene rings is 2. The second-order valence-electron chi connectivity index (χ2n) is 10.8. The number of aryl methyl sites for hydroxylation is 1. The average Bonchev–Trinajstić information content (AvgIpc) is 3.45. The van der Waals surface area contributed by atoms with E-state index in [9.17, 15) is 0 Å². The van der Waals surface area contributed by atoms with Gasteiger partial charge in [-0.3, -0.25) is 14.9 Å². The van der Waals surface area contributed by atoms with Crippen molar-refractivity contribution < 1.29 is 0 Å². The van der Waals surface area contributed by atoms with Crippen molar-refractivity contribution in [2.75, 3.05) is 32.7 Å². The molecule has 0 saturated carbocycles. The highest BCUT2D eigenvalue weighted by Gasteiger charge is 2.08. The van der Waals surface area contributed by atoms with Gasteiger partial charge in [-0.05, 0) is 66.4 Å². The predicted octanol–water partition coefficient (Wildman–Crippen LogP) is 4.98. The molecule has 218 valence electrons. The Bertz CT molecular complexity index is 1420. The lowest BCUT2D eigenvalue weighted by Gasteiger charge is -2.23. The standard InChI is InChI=1S/C35H43N7/c1-28-7-6-10-34-31(24-41-35(28)34)15-18-36-23-29-11-13-30(14-12-29)27-42(21-19-37-25-32-8-2-4-16-39-32)22-20-38-26-33-9-3-5-17-40-33/h2-14,16-17,24,36-38,41H,15,18-23,25-27H2,1H3. The molecule has 42 heavy (non-hydrogen) atoms. The van der Waals surface area contributed by atoms with Crippen LogP contribution in [0.25, 0.3) is 10.9 Å². The second-order valence-corrected chi connectivity index (χ2v) is 10.8. The third-order valence-electron chi connectivity index (χ3n) is 7.61. The Hall–Kier alpha value is -3.88. The van der Waals surface area contributed by atoms with Gasteiger partial charge in [0.15, 0.2) is 0 Å². The van der Waals surface area contributed by atoms with Gasteiger partial charge in [0, 0.05) is 81.9 Å². The van der Waals surface area contributed by atoms with Crippen LogP contribution in [0.1, 0.15) is 33.6 Å². The SMILES string of the molecule is Cc1cccc2c(CCNCc3ccc(CN(CCNCc4ccccn4)CCNCc4ccccn4)cc3)c[nH]c12. The van der Waals surface area contributed by atoms with Crippen LogP contribution in [0.5, 0.6) is 0 Å². The maximum atomic E-state index is 4.42. The molecule has 0 unspecified atom stereocenters. The first kappa shape index (κ1) is 29.6. The zero-order valence-electron chi connectivity index (χ0n) is 24.7.